The van der Waals surface area contributed by atoms with E-state index in [2.05, 4.69) is 13.8 Å². The highest BCUT2D eigenvalue weighted by Gasteiger charge is 2.43. The van der Waals surface area contributed by atoms with E-state index in [1.165, 1.54) is 0 Å². The van der Waals surface area contributed by atoms with Crippen LogP contribution in [0.2, 0.25) is 0 Å². The molecule has 0 saturated carbocycles. The maximum atomic E-state index is 11.1. The van der Waals surface area contributed by atoms with Crippen LogP contribution < -0.4 is 0 Å². The van der Waals surface area contributed by atoms with E-state index < -0.39 is 0 Å². The highest BCUT2D eigenvalue weighted by molar-refractivity contribution is 8.13. The number of hydrogen-bond donors (Lipinski definition) is 0. The fraction of sp³-hybridized carbons (Fsp3) is 0.500. The van der Waals surface area contributed by atoms with Crippen LogP contribution in [0.5, 0.6) is 0 Å². The number of carbonyl (C=O) groups excluding carboxylic acids is 1. The Hall–Kier alpha value is -0.830. The molecule has 0 N–H and O–H groups in total. The Morgan fingerprint density at radius 3 is 2.47 bits per heavy atom. The SMILES string of the molecule is CSC1=NC(C)(C)CC12C=CC(=O)C=C2. The molecule has 3 heteroatoms. The average Bonchev–Trinajstić information content (AvgIpc) is 2.43. The lowest BCUT2D eigenvalue weighted by Gasteiger charge is -2.26. The fourth-order valence-corrected chi connectivity index (χ4v) is 3.21. The summed E-state index contributed by atoms with van der Waals surface area (Å²) in [6, 6.07) is 0. The standard InChI is InChI=1S/C12H15NOS/c1-11(2)8-12(10(13-11)15-3)6-4-9(14)5-7-12/h4-7H,8H2,1-3H3. The zero-order valence-corrected chi connectivity index (χ0v) is 10.1. The van der Waals surface area contributed by atoms with Crippen molar-refractivity contribution in [1.29, 1.82) is 0 Å². The van der Waals surface area contributed by atoms with Crippen LogP contribution in [0.4, 0.5) is 0 Å². The second-order valence-corrected chi connectivity index (χ2v) is 5.51. The Morgan fingerprint density at radius 1 is 1.33 bits per heavy atom. The first kappa shape index (κ1) is 10.7. The summed E-state index contributed by atoms with van der Waals surface area (Å²) in [6.07, 6.45) is 10.3. The topological polar surface area (TPSA) is 29.4 Å². The molecule has 0 unspecified atom stereocenters. The van der Waals surface area contributed by atoms with Crippen LogP contribution in [0.3, 0.4) is 0 Å². The first-order valence-electron chi connectivity index (χ1n) is 5.04. The molecular weight excluding hydrogens is 206 g/mol. The molecule has 1 aliphatic carbocycles. The smallest absolute Gasteiger partial charge is 0.178 e. The van der Waals surface area contributed by atoms with E-state index in [-0.39, 0.29) is 16.7 Å². The maximum Gasteiger partial charge on any atom is 0.178 e. The Kier molecular flexibility index (Phi) is 2.38. The minimum absolute atomic E-state index is 0.0204. The predicted molar refractivity (Wildman–Crippen MR) is 65.4 cm³/mol. The quantitative estimate of drug-likeness (QED) is 0.629. The zero-order valence-electron chi connectivity index (χ0n) is 9.28. The average molecular weight is 221 g/mol. The van der Waals surface area contributed by atoms with Gasteiger partial charge in [-0.2, -0.15) is 0 Å². The second-order valence-electron chi connectivity index (χ2n) is 4.72. The molecule has 2 nitrogen and oxygen atoms in total. The Balaban J connectivity index is 2.39. The van der Waals surface area contributed by atoms with Gasteiger partial charge in [0.05, 0.1) is 16.0 Å². The van der Waals surface area contributed by atoms with Gasteiger partial charge in [-0.15, -0.1) is 11.8 Å². The van der Waals surface area contributed by atoms with Crippen LogP contribution in [0.25, 0.3) is 0 Å². The van der Waals surface area contributed by atoms with Crippen LogP contribution in [-0.4, -0.2) is 22.6 Å². The molecule has 0 aromatic carbocycles. The van der Waals surface area contributed by atoms with Crippen molar-refractivity contribution in [1.82, 2.24) is 0 Å². The van der Waals surface area contributed by atoms with Crippen molar-refractivity contribution in [2.75, 3.05) is 6.26 Å². The van der Waals surface area contributed by atoms with Crippen LogP contribution in [0, 0.1) is 5.41 Å². The van der Waals surface area contributed by atoms with Crippen LogP contribution in [0.1, 0.15) is 20.3 Å². The van der Waals surface area contributed by atoms with Crippen molar-refractivity contribution < 1.29 is 4.79 Å². The number of ketones is 1. The van der Waals surface area contributed by atoms with E-state index in [0.29, 0.717) is 0 Å². The third kappa shape index (κ3) is 1.81. The van der Waals surface area contributed by atoms with Crippen molar-refractivity contribution in [2.45, 2.75) is 25.8 Å². The number of hydrogen-bond acceptors (Lipinski definition) is 3. The summed E-state index contributed by atoms with van der Waals surface area (Å²) >= 11 is 1.68. The summed E-state index contributed by atoms with van der Waals surface area (Å²) in [5.41, 5.74) is -0.135. The number of allylic oxidation sites excluding steroid dienone is 4. The van der Waals surface area contributed by atoms with Crippen molar-refractivity contribution in [3.63, 3.8) is 0 Å². The molecule has 0 aromatic heterocycles. The Morgan fingerprint density at radius 2 is 1.93 bits per heavy atom. The van der Waals surface area contributed by atoms with Gasteiger partial charge in [0.15, 0.2) is 5.78 Å². The molecule has 0 fully saturated rings. The van der Waals surface area contributed by atoms with Crippen molar-refractivity contribution in [2.24, 2.45) is 10.4 Å². The van der Waals surface area contributed by atoms with Gasteiger partial charge in [-0.3, -0.25) is 9.79 Å². The van der Waals surface area contributed by atoms with E-state index in [1.807, 2.05) is 18.4 Å². The summed E-state index contributed by atoms with van der Waals surface area (Å²) in [5, 5.41) is 1.12. The molecule has 15 heavy (non-hydrogen) atoms. The molecule has 1 aliphatic heterocycles. The first-order valence-corrected chi connectivity index (χ1v) is 6.27. The lowest BCUT2D eigenvalue weighted by molar-refractivity contribution is -0.110. The fourth-order valence-electron chi connectivity index (χ4n) is 2.28. The summed E-state index contributed by atoms with van der Waals surface area (Å²) in [6.45, 7) is 4.27. The third-order valence-corrected chi connectivity index (χ3v) is 3.67. The van der Waals surface area contributed by atoms with Crippen LogP contribution in [0.15, 0.2) is 29.3 Å². The molecule has 0 bridgehead atoms. The van der Waals surface area contributed by atoms with Crippen molar-refractivity contribution in [3.8, 4) is 0 Å². The van der Waals surface area contributed by atoms with Gasteiger partial charge in [0, 0.05) is 0 Å². The number of thioether (sulfide) groups is 1. The van der Waals surface area contributed by atoms with Gasteiger partial charge in [-0.05, 0) is 38.7 Å². The summed E-state index contributed by atoms with van der Waals surface area (Å²) in [5.74, 6) is 0.0748. The summed E-state index contributed by atoms with van der Waals surface area (Å²) in [7, 11) is 0. The largest absolute Gasteiger partial charge is 0.290 e. The van der Waals surface area contributed by atoms with Crippen molar-refractivity contribution in [3.05, 3.63) is 24.3 Å². The van der Waals surface area contributed by atoms with Crippen molar-refractivity contribution >= 4 is 22.6 Å². The molecule has 0 atom stereocenters. The third-order valence-electron chi connectivity index (χ3n) is 2.81. The second kappa shape index (κ2) is 3.34. The van der Waals surface area contributed by atoms with Gasteiger partial charge in [-0.1, -0.05) is 12.2 Å². The highest BCUT2D eigenvalue weighted by atomic mass is 32.2. The highest BCUT2D eigenvalue weighted by Crippen LogP contribution is 2.45. The van der Waals surface area contributed by atoms with Gasteiger partial charge in [-0.25, -0.2) is 0 Å². The zero-order chi connectivity index (χ0) is 11.1. The molecule has 80 valence electrons. The van der Waals surface area contributed by atoms with Crippen LogP contribution in [-0.2, 0) is 4.79 Å². The molecule has 1 heterocycles. The summed E-state index contributed by atoms with van der Waals surface area (Å²) in [4.78, 5) is 15.8. The van der Waals surface area contributed by atoms with Gasteiger partial charge in [0.1, 0.15) is 0 Å². The Bertz CT molecular complexity index is 374. The maximum absolute atomic E-state index is 11.1. The molecular formula is C12H15NOS. The van der Waals surface area contributed by atoms with E-state index in [0.717, 1.165) is 11.5 Å². The van der Waals surface area contributed by atoms with Gasteiger partial charge >= 0.3 is 0 Å². The van der Waals surface area contributed by atoms with Gasteiger partial charge in [0.2, 0.25) is 0 Å². The van der Waals surface area contributed by atoms with E-state index in [1.54, 1.807) is 23.9 Å². The van der Waals surface area contributed by atoms with E-state index in [4.69, 9.17) is 4.99 Å². The number of rotatable bonds is 0. The first-order chi connectivity index (χ1) is 6.97. The lowest BCUT2D eigenvalue weighted by Crippen LogP contribution is -2.26. The number of nitrogens with zero attached hydrogens (tertiary/aromatic N) is 1. The number of carbonyl (C=O) groups is 1. The van der Waals surface area contributed by atoms with E-state index >= 15 is 0 Å². The van der Waals surface area contributed by atoms with E-state index in [9.17, 15) is 4.79 Å². The molecule has 0 amide bonds. The van der Waals surface area contributed by atoms with Gasteiger partial charge < -0.3 is 0 Å². The monoisotopic (exact) mass is 221 g/mol. The molecule has 0 saturated heterocycles. The van der Waals surface area contributed by atoms with Gasteiger partial charge in [0.25, 0.3) is 0 Å². The summed E-state index contributed by atoms with van der Waals surface area (Å²) < 4.78 is 0. The number of aliphatic imine (C=N–C) groups is 1. The predicted octanol–water partition coefficient (Wildman–Crippen LogP) is 2.61. The molecule has 0 aromatic rings. The molecule has 0 radical (unpaired) electrons. The minimum Gasteiger partial charge on any atom is -0.290 e. The molecule has 1 spiro atoms. The molecule has 2 aliphatic rings. The minimum atomic E-state index is -0.114. The Labute approximate surface area is 94.5 Å². The van der Waals surface area contributed by atoms with Crippen LogP contribution >= 0.6 is 11.8 Å². The normalized spacial score (nSPS) is 26.1. The molecule has 2 rings (SSSR count). The lowest BCUT2D eigenvalue weighted by atomic mass is 9.78.